The standard InChI is InChI=1S/C30H36N2O10/c1-5-7-12-39-28-20-25(42-32-28)22(31-4)21-24(41-29(37)40-13-8-6-2)17-14(3)15-10-9-11-16(33)18(15)23(34)19(17)26(35)30(21,38)27(20)36/h9-11,14,17,21-22,24,31,33,35,38H,5-8,12-13H2,1-4H3/t14-,17+,21+,22-,24-,30-/m0/s1. The van der Waals surface area contributed by atoms with E-state index in [-0.39, 0.29) is 47.3 Å². The molecular weight excluding hydrogens is 548 g/mol. The van der Waals surface area contributed by atoms with Gasteiger partial charge in [0.1, 0.15) is 23.2 Å². The Bertz CT molecular complexity index is 1430. The van der Waals surface area contributed by atoms with Gasteiger partial charge in [-0.25, -0.2) is 4.79 Å². The number of aromatic hydroxyl groups is 1. The van der Waals surface area contributed by atoms with Crippen molar-refractivity contribution < 1.29 is 48.4 Å². The van der Waals surface area contributed by atoms with Crippen LogP contribution in [0.4, 0.5) is 4.79 Å². The number of hydrogen-bond acceptors (Lipinski definition) is 12. The average Bonchev–Trinajstić information content (AvgIpc) is 3.38. The third-order valence-electron chi connectivity index (χ3n) is 8.62. The van der Waals surface area contributed by atoms with Gasteiger partial charge in [-0.3, -0.25) is 9.59 Å². The van der Waals surface area contributed by atoms with Crippen LogP contribution in [-0.4, -0.2) is 70.2 Å². The van der Waals surface area contributed by atoms with Gasteiger partial charge < -0.3 is 39.4 Å². The Labute approximate surface area is 242 Å². The monoisotopic (exact) mass is 584 g/mol. The van der Waals surface area contributed by atoms with Gasteiger partial charge in [-0.2, -0.15) is 0 Å². The van der Waals surface area contributed by atoms with Crippen LogP contribution in [0.3, 0.4) is 0 Å². The minimum atomic E-state index is -2.74. The van der Waals surface area contributed by atoms with Gasteiger partial charge in [0.15, 0.2) is 17.1 Å². The van der Waals surface area contributed by atoms with E-state index in [1.165, 1.54) is 6.07 Å². The van der Waals surface area contributed by atoms with E-state index in [0.717, 1.165) is 12.8 Å². The Morgan fingerprint density at radius 3 is 2.52 bits per heavy atom. The molecule has 1 aromatic heterocycles. The number of Topliss-reactive ketones (excluding diaryl/α,β-unsaturated/α-hetero) is 2. The number of ether oxygens (including phenoxy) is 3. The third-order valence-corrected chi connectivity index (χ3v) is 8.62. The fourth-order valence-electron chi connectivity index (χ4n) is 6.52. The minimum absolute atomic E-state index is 0.0423. The van der Waals surface area contributed by atoms with Crippen molar-refractivity contribution in [2.45, 2.75) is 70.1 Å². The highest BCUT2D eigenvalue weighted by Crippen LogP contribution is 2.58. The molecule has 1 heterocycles. The lowest BCUT2D eigenvalue weighted by Crippen LogP contribution is -2.65. The number of nitrogens with zero attached hydrogens (tertiary/aromatic N) is 1. The largest absolute Gasteiger partial charge is 0.508 e. The number of aromatic nitrogens is 1. The second kappa shape index (κ2) is 11.4. The van der Waals surface area contributed by atoms with Crippen LogP contribution in [0.2, 0.25) is 0 Å². The summed E-state index contributed by atoms with van der Waals surface area (Å²) in [7, 11) is 1.56. The number of carbonyl (C=O) groups excluding carboxylic acids is 3. The van der Waals surface area contributed by atoms with E-state index in [4.69, 9.17) is 18.7 Å². The molecule has 6 atom stereocenters. The number of ketones is 2. The topological polar surface area (TPSA) is 178 Å². The molecule has 226 valence electrons. The van der Waals surface area contributed by atoms with Gasteiger partial charge >= 0.3 is 6.16 Å². The molecule has 0 bridgehead atoms. The van der Waals surface area contributed by atoms with Crippen molar-refractivity contribution in [3.05, 3.63) is 52.0 Å². The van der Waals surface area contributed by atoms with Crippen LogP contribution >= 0.6 is 0 Å². The van der Waals surface area contributed by atoms with Crippen LogP contribution < -0.4 is 10.1 Å². The quantitative estimate of drug-likeness (QED) is 0.245. The molecule has 0 radical (unpaired) electrons. The number of benzene rings is 1. The predicted octanol–water partition coefficient (Wildman–Crippen LogP) is 4.13. The van der Waals surface area contributed by atoms with Crippen molar-refractivity contribution in [1.29, 1.82) is 0 Å². The molecule has 1 aromatic carbocycles. The maximum absolute atomic E-state index is 14.2. The molecule has 3 aliphatic rings. The number of nitrogens with one attached hydrogen (secondary N) is 1. The lowest BCUT2D eigenvalue weighted by atomic mass is 9.55. The van der Waals surface area contributed by atoms with Gasteiger partial charge in [-0.05, 0) is 42.6 Å². The first-order valence-electron chi connectivity index (χ1n) is 14.3. The number of phenols is 1. The molecule has 0 spiro atoms. The highest BCUT2D eigenvalue weighted by atomic mass is 16.7. The Morgan fingerprint density at radius 2 is 1.83 bits per heavy atom. The number of carbonyl (C=O) groups is 3. The molecule has 12 nitrogen and oxygen atoms in total. The summed E-state index contributed by atoms with van der Waals surface area (Å²) < 4.78 is 22.4. The maximum Gasteiger partial charge on any atom is 0.508 e. The molecule has 0 unspecified atom stereocenters. The highest BCUT2D eigenvalue weighted by Gasteiger charge is 2.68. The molecule has 0 fully saturated rings. The molecule has 0 amide bonds. The van der Waals surface area contributed by atoms with E-state index in [9.17, 15) is 29.7 Å². The third kappa shape index (κ3) is 4.35. The number of aliphatic hydroxyl groups is 2. The van der Waals surface area contributed by atoms with Gasteiger partial charge in [0, 0.05) is 11.5 Å². The predicted molar refractivity (Wildman–Crippen MR) is 147 cm³/mol. The van der Waals surface area contributed by atoms with E-state index in [2.05, 4.69) is 10.5 Å². The van der Waals surface area contributed by atoms with E-state index in [0.29, 0.717) is 18.4 Å². The lowest BCUT2D eigenvalue weighted by Gasteiger charge is -2.52. The van der Waals surface area contributed by atoms with Crippen molar-refractivity contribution in [2.24, 2.45) is 11.8 Å². The average molecular weight is 585 g/mol. The molecule has 4 N–H and O–H groups in total. The summed E-state index contributed by atoms with van der Waals surface area (Å²) in [6.07, 6.45) is 0.433. The molecule has 42 heavy (non-hydrogen) atoms. The number of hydrogen-bond donors (Lipinski definition) is 4. The molecular formula is C30H36N2O10. The van der Waals surface area contributed by atoms with E-state index >= 15 is 0 Å². The van der Waals surface area contributed by atoms with Gasteiger partial charge in [0.05, 0.1) is 30.7 Å². The van der Waals surface area contributed by atoms with Crippen molar-refractivity contribution in [2.75, 3.05) is 20.3 Å². The highest BCUT2D eigenvalue weighted by molar-refractivity contribution is 6.16. The summed E-state index contributed by atoms with van der Waals surface area (Å²) in [6, 6.07) is 3.58. The Kier molecular flexibility index (Phi) is 8.04. The van der Waals surface area contributed by atoms with Crippen LogP contribution in [0.15, 0.2) is 34.1 Å². The van der Waals surface area contributed by atoms with Crippen LogP contribution in [0.1, 0.15) is 90.5 Å². The summed E-state index contributed by atoms with van der Waals surface area (Å²) in [4.78, 5) is 41.1. The summed E-state index contributed by atoms with van der Waals surface area (Å²) in [5.74, 6) is -6.07. The van der Waals surface area contributed by atoms with Crippen molar-refractivity contribution in [1.82, 2.24) is 10.5 Å². The van der Waals surface area contributed by atoms with Gasteiger partial charge in [0.25, 0.3) is 5.88 Å². The van der Waals surface area contributed by atoms with E-state index in [1.807, 2.05) is 13.8 Å². The Balaban J connectivity index is 1.71. The fraction of sp³-hybridized carbons (Fsp3) is 0.533. The fourth-order valence-corrected chi connectivity index (χ4v) is 6.52. The zero-order chi connectivity index (χ0) is 30.3. The molecule has 2 aromatic rings. The first kappa shape index (κ1) is 29.6. The second-order valence-corrected chi connectivity index (χ2v) is 11.0. The van der Waals surface area contributed by atoms with Gasteiger partial charge in [-0.15, -0.1) is 0 Å². The number of phenolic OH excluding ortho intramolecular Hbond substituents is 1. The lowest BCUT2D eigenvalue weighted by molar-refractivity contribution is -0.112. The SMILES string of the molecule is CCCCOC(=O)O[C@H]1[C@H]2C(=C(O)[C@]3(O)C(=O)c4c(OCCCC)noc4[C@@H](NC)[C@H]13)C(=O)c1c(O)cccc1[C@@H]2C. The summed E-state index contributed by atoms with van der Waals surface area (Å²) in [6.45, 7) is 5.96. The van der Waals surface area contributed by atoms with Crippen molar-refractivity contribution >= 4 is 17.7 Å². The number of aliphatic hydroxyl groups excluding tert-OH is 1. The zero-order valence-electron chi connectivity index (χ0n) is 24.0. The minimum Gasteiger partial charge on any atom is -0.508 e. The van der Waals surface area contributed by atoms with Gasteiger partial charge in [0.2, 0.25) is 5.78 Å². The van der Waals surface area contributed by atoms with Crippen LogP contribution in [0.5, 0.6) is 11.6 Å². The van der Waals surface area contributed by atoms with E-state index < -0.39 is 59.0 Å². The second-order valence-electron chi connectivity index (χ2n) is 11.0. The summed E-state index contributed by atoms with van der Waals surface area (Å²) in [5.41, 5.74) is -2.84. The molecule has 3 aliphatic carbocycles. The molecule has 5 rings (SSSR count). The molecule has 0 aliphatic heterocycles. The Hall–Kier alpha value is -3.90. The Morgan fingerprint density at radius 1 is 1.12 bits per heavy atom. The normalized spacial score (nSPS) is 28.0. The van der Waals surface area contributed by atoms with Crippen LogP contribution in [-0.2, 0) is 9.47 Å². The molecule has 0 saturated heterocycles. The first-order chi connectivity index (χ1) is 20.1. The molecule has 0 saturated carbocycles. The maximum atomic E-state index is 14.2. The number of unbranched alkanes of at least 4 members (excludes halogenated alkanes) is 2. The number of rotatable bonds is 9. The first-order valence-corrected chi connectivity index (χ1v) is 14.3. The van der Waals surface area contributed by atoms with Crippen molar-refractivity contribution in [3.63, 3.8) is 0 Å². The number of fused-ring (bicyclic) bond motifs is 4. The zero-order valence-corrected chi connectivity index (χ0v) is 24.0. The summed E-state index contributed by atoms with van der Waals surface area (Å²) in [5, 5.41) is 41.6. The van der Waals surface area contributed by atoms with Gasteiger partial charge in [-0.1, -0.05) is 45.7 Å². The summed E-state index contributed by atoms with van der Waals surface area (Å²) >= 11 is 0. The van der Waals surface area contributed by atoms with Crippen LogP contribution in [0, 0.1) is 11.8 Å². The van der Waals surface area contributed by atoms with E-state index in [1.54, 1.807) is 26.1 Å². The molecule has 12 heteroatoms. The smallest absolute Gasteiger partial charge is 0.508 e. The van der Waals surface area contributed by atoms with Crippen LogP contribution in [0.25, 0.3) is 0 Å². The van der Waals surface area contributed by atoms with Crippen molar-refractivity contribution in [3.8, 4) is 11.6 Å².